The number of likely N-dealkylation sites (N-methyl/N-ethyl adjacent to an activating group) is 1. The van der Waals surface area contributed by atoms with Crippen LogP contribution in [0.5, 0.6) is 11.5 Å². The third-order valence-electron chi connectivity index (χ3n) is 5.34. The number of ether oxygens (including phenoxy) is 1. The third kappa shape index (κ3) is 6.61. The number of hydroxylamine groups is 1. The van der Waals surface area contributed by atoms with Crippen LogP contribution in [0.3, 0.4) is 0 Å². The number of carbonyl (C=O) groups excluding carboxylic acids is 1. The maximum atomic E-state index is 13.2. The molecule has 0 saturated heterocycles. The van der Waals surface area contributed by atoms with Crippen molar-refractivity contribution in [3.05, 3.63) is 86.2 Å². The summed E-state index contributed by atoms with van der Waals surface area (Å²) in [6.07, 6.45) is -5.52. The van der Waals surface area contributed by atoms with Crippen LogP contribution in [0.1, 0.15) is 12.1 Å². The van der Waals surface area contributed by atoms with E-state index in [-0.39, 0.29) is 16.7 Å². The molecule has 0 fully saturated rings. The molecule has 0 radical (unpaired) electrons. The van der Waals surface area contributed by atoms with Gasteiger partial charge in [0.2, 0.25) is 10.0 Å². The van der Waals surface area contributed by atoms with Crippen molar-refractivity contribution in [1.29, 1.82) is 0 Å². The Bertz CT molecular complexity index is 1510. The number of nitrogens with zero attached hydrogens (tertiary/aromatic N) is 2. The molecule has 1 unspecified atom stereocenters. The van der Waals surface area contributed by atoms with Gasteiger partial charge in [-0.15, -0.1) is 0 Å². The second-order valence-electron chi connectivity index (χ2n) is 7.81. The average Bonchev–Trinajstić information content (AvgIpc) is 2.84. The predicted octanol–water partition coefficient (Wildman–Crippen LogP) is 2.59. The molecule has 0 aliphatic rings. The summed E-state index contributed by atoms with van der Waals surface area (Å²) in [5.74, 6) is -0.522. The van der Waals surface area contributed by atoms with Gasteiger partial charge in [-0.05, 0) is 48.9 Å². The number of H-pyrrole nitrogens is 1. The van der Waals surface area contributed by atoms with Crippen LogP contribution in [-0.4, -0.2) is 46.5 Å². The first kappa shape index (κ1) is 28.9. The summed E-state index contributed by atoms with van der Waals surface area (Å²) in [5.41, 5.74) is -2.98. The number of hydrogen-bond donors (Lipinski definition) is 3. The molecule has 11 nitrogen and oxygen atoms in total. The molecule has 0 bridgehead atoms. The van der Waals surface area contributed by atoms with Crippen molar-refractivity contribution in [2.75, 3.05) is 7.05 Å². The molecule has 3 N–H and O–H groups in total. The van der Waals surface area contributed by atoms with Crippen LogP contribution >= 0.6 is 11.6 Å². The Morgan fingerprint density at radius 3 is 2.37 bits per heavy atom. The van der Waals surface area contributed by atoms with Crippen molar-refractivity contribution in [2.45, 2.75) is 30.1 Å². The molecule has 3 rings (SSSR count). The lowest BCUT2D eigenvalue weighted by Gasteiger charge is -2.26. The quantitative estimate of drug-likeness (QED) is 0.262. The summed E-state index contributed by atoms with van der Waals surface area (Å²) >= 11 is 5.91. The Kier molecular flexibility index (Phi) is 8.66. The zero-order valence-electron chi connectivity index (χ0n) is 19.4. The summed E-state index contributed by atoms with van der Waals surface area (Å²) in [7, 11) is -3.36. The monoisotopic (exact) mass is 576 g/mol. The zero-order valence-corrected chi connectivity index (χ0v) is 21.0. The van der Waals surface area contributed by atoms with E-state index < -0.39 is 58.1 Å². The van der Waals surface area contributed by atoms with Crippen LogP contribution < -0.4 is 21.5 Å². The highest BCUT2D eigenvalue weighted by molar-refractivity contribution is 7.89. The molecule has 1 amide bonds. The Morgan fingerprint density at radius 1 is 1.16 bits per heavy atom. The second kappa shape index (κ2) is 11.4. The number of rotatable bonds is 9. The molecule has 38 heavy (non-hydrogen) atoms. The molecule has 0 spiro atoms. The van der Waals surface area contributed by atoms with Gasteiger partial charge in [0.25, 0.3) is 11.5 Å². The van der Waals surface area contributed by atoms with Crippen molar-refractivity contribution in [3.8, 4) is 11.5 Å². The van der Waals surface area contributed by atoms with Gasteiger partial charge in [0.1, 0.15) is 23.2 Å². The maximum Gasteiger partial charge on any atom is 0.431 e. The number of alkyl halides is 3. The van der Waals surface area contributed by atoms with Crippen LogP contribution in [0, 0.1) is 0 Å². The van der Waals surface area contributed by atoms with Crippen LogP contribution in [0.25, 0.3) is 0 Å². The van der Waals surface area contributed by atoms with Gasteiger partial charge in [-0.1, -0.05) is 17.7 Å². The lowest BCUT2D eigenvalue weighted by Crippen LogP contribution is -2.48. The molecule has 0 aliphatic heterocycles. The van der Waals surface area contributed by atoms with E-state index in [4.69, 9.17) is 21.5 Å². The number of halogens is 4. The summed E-state index contributed by atoms with van der Waals surface area (Å²) < 4.78 is 71.3. The second-order valence-corrected chi connectivity index (χ2v) is 10.2. The van der Waals surface area contributed by atoms with E-state index in [1.54, 1.807) is 24.3 Å². The zero-order chi connectivity index (χ0) is 28.3. The Balaban J connectivity index is 1.82. The fourth-order valence-electron chi connectivity index (χ4n) is 3.37. The van der Waals surface area contributed by atoms with E-state index in [2.05, 4.69) is 0 Å². The molecule has 0 saturated carbocycles. The average molecular weight is 577 g/mol. The van der Waals surface area contributed by atoms with Crippen molar-refractivity contribution < 1.29 is 36.3 Å². The van der Waals surface area contributed by atoms with E-state index in [0.29, 0.717) is 19.6 Å². The molecule has 16 heteroatoms. The van der Waals surface area contributed by atoms with E-state index in [1.165, 1.54) is 34.7 Å². The summed E-state index contributed by atoms with van der Waals surface area (Å²) in [6.45, 7) is -0.642. The predicted molar refractivity (Wildman–Crippen MR) is 128 cm³/mol. The van der Waals surface area contributed by atoms with Crippen LogP contribution in [0.2, 0.25) is 5.02 Å². The van der Waals surface area contributed by atoms with E-state index >= 15 is 0 Å². The number of aromatic nitrogens is 2. The van der Waals surface area contributed by atoms with Crippen molar-refractivity contribution in [2.24, 2.45) is 0 Å². The van der Waals surface area contributed by atoms with Gasteiger partial charge in [0.15, 0.2) is 0 Å². The van der Waals surface area contributed by atoms with Gasteiger partial charge >= 0.3 is 11.9 Å². The van der Waals surface area contributed by atoms with Gasteiger partial charge in [-0.3, -0.25) is 19.4 Å². The summed E-state index contributed by atoms with van der Waals surface area (Å²) in [5, 5.41) is 9.54. The highest BCUT2D eigenvalue weighted by Gasteiger charge is 2.35. The van der Waals surface area contributed by atoms with Gasteiger partial charge in [0, 0.05) is 24.7 Å². The van der Waals surface area contributed by atoms with E-state index in [9.17, 15) is 36.0 Å². The number of carbonyl (C=O) groups is 1. The Morgan fingerprint density at radius 2 is 1.82 bits per heavy atom. The molecule has 1 heterocycles. The Labute approximate surface area is 218 Å². The van der Waals surface area contributed by atoms with Crippen LogP contribution in [0.4, 0.5) is 13.2 Å². The molecule has 0 aliphatic carbocycles. The standard InChI is InChI=1S/C22H20ClF3N4O7S/c1-29(38(35,36)16-7-5-14(6-8-16)37-15-4-2-3-13(23)11-15)17(20(32)28-34)9-10-30-19(31)12-18(22(24,25)26)27-21(30)33/h2-8,11-12,17,34H,9-10H2,1H3,(H,27,33)(H,28,32). The van der Waals surface area contributed by atoms with Crippen molar-refractivity contribution >= 4 is 27.5 Å². The number of nitrogens with one attached hydrogen (secondary N) is 2. The van der Waals surface area contributed by atoms with Crippen LogP contribution in [0.15, 0.2) is 69.1 Å². The first-order chi connectivity index (χ1) is 17.7. The third-order valence-corrected chi connectivity index (χ3v) is 7.45. The maximum absolute atomic E-state index is 13.2. The normalized spacial score (nSPS) is 12.8. The number of sulfonamides is 1. The molecular formula is C22H20ClF3N4O7S. The smallest absolute Gasteiger partial charge is 0.431 e. The number of benzene rings is 2. The number of aromatic amines is 1. The fraction of sp³-hybridized carbons (Fsp3) is 0.227. The molecule has 3 aromatic rings. The van der Waals surface area contributed by atoms with Gasteiger partial charge in [0.05, 0.1) is 4.90 Å². The topological polar surface area (TPSA) is 151 Å². The minimum Gasteiger partial charge on any atom is -0.457 e. The lowest BCUT2D eigenvalue weighted by molar-refractivity contribution is -0.141. The number of amides is 1. The molecule has 2 aromatic carbocycles. The minimum absolute atomic E-state index is 0.163. The van der Waals surface area contributed by atoms with Gasteiger partial charge in [-0.25, -0.2) is 18.7 Å². The first-order valence-electron chi connectivity index (χ1n) is 10.6. The molecular weight excluding hydrogens is 557 g/mol. The highest BCUT2D eigenvalue weighted by Crippen LogP contribution is 2.27. The number of hydrogen-bond acceptors (Lipinski definition) is 7. The minimum atomic E-state index is -4.97. The van der Waals surface area contributed by atoms with Gasteiger partial charge in [-0.2, -0.15) is 17.5 Å². The van der Waals surface area contributed by atoms with Gasteiger partial charge < -0.3 is 9.72 Å². The van der Waals surface area contributed by atoms with Crippen molar-refractivity contribution in [1.82, 2.24) is 19.3 Å². The SMILES string of the molecule is CN(C(CCn1c(=O)cc(C(F)(F)F)[nH]c1=O)C(=O)NO)S(=O)(=O)c1ccc(Oc2cccc(Cl)c2)cc1. The molecule has 1 aromatic heterocycles. The fourth-order valence-corrected chi connectivity index (χ4v) is 4.90. The lowest BCUT2D eigenvalue weighted by atomic mass is 10.2. The largest absolute Gasteiger partial charge is 0.457 e. The van der Waals surface area contributed by atoms with E-state index in [1.807, 2.05) is 0 Å². The molecule has 204 valence electrons. The Hall–Kier alpha value is -3.66. The first-order valence-corrected chi connectivity index (χ1v) is 12.4. The van der Waals surface area contributed by atoms with Crippen molar-refractivity contribution in [3.63, 3.8) is 0 Å². The summed E-state index contributed by atoms with van der Waals surface area (Å²) in [6, 6.07) is 10.1. The van der Waals surface area contributed by atoms with Crippen LogP contribution in [-0.2, 0) is 27.5 Å². The summed E-state index contributed by atoms with van der Waals surface area (Å²) in [4.78, 5) is 37.6. The molecule has 1 atom stereocenters. The van der Waals surface area contributed by atoms with E-state index in [0.717, 1.165) is 7.05 Å². The highest BCUT2D eigenvalue weighted by atomic mass is 35.5.